The average Bonchev–Trinajstić information content (AvgIpc) is 3.88. The number of allylic oxidation sites excluding steroid dienone is 1. The highest BCUT2D eigenvalue weighted by molar-refractivity contribution is 6.12. The second-order valence-corrected chi connectivity index (χ2v) is 15.3. The molecule has 1 aromatic heterocycles. The van der Waals surface area contributed by atoms with Crippen LogP contribution in [0, 0.1) is 5.92 Å². The van der Waals surface area contributed by atoms with E-state index >= 15 is 0 Å². The minimum Gasteiger partial charge on any atom is -0.481 e. The van der Waals surface area contributed by atoms with Gasteiger partial charge in [-0.3, -0.25) is 14.3 Å². The molecule has 0 radical (unpaired) electrons. The van der Waals surface area contributed by atoms with Crippen LogP contribution < -0.4 is 14.8 Å². The van der Waals surface area contributed by atoms with E-state index < -0.39 is 24.7 Å². The standard InChI is InChI=1S/C30H35F3N4O4.C15H15F3N2O3/c1-3-37-26(19-25(35-37)20-11-15-24(16-12-20)41-30(31,32)33)28(21-7-5-4-6-8-21)34-23-13-9-22(10-14-23)29(40)36(2)18-17-27(38)39;1-3-20(4-2)13(14(21)22)9-12(19-20)10-5-7-11(8-6-10)23-15(16,17)18/h9-16,19,21,28,34H,3-8,17-18H2,1-2H3,(H,38,39);5-9H,3-4H2,1-2H3/p+1. The number of carboxylic acids is 2. The van der Waals surface area contributed by atoms with Gasteiger partial charge in [0, 0.05) is 48.6 Å². The smallest absolute Gasteiger partial charge is 0.481 e. The summed E-state index contributed by atoms with van der Waals surface area (Å²) in [5.74, 6) is -2.54. The number of quaternary nitrogens is 1. The van der Waals surface area contributed by atoms with Gasteiger partial charge in [0.25, 0.3) is 5.91 Å². The second kappa shape index (κ2) is 20.9. The number of aliphatic carboxylic acids is 2. The Morgan fingerprint density at radius 1 is 0.828 bits per heavy atom. The Balaban J connectivity index is 0.000000283. The van der Waals surface area contributed by atoms with Gasteiger partial charge in [-0.1, -0.05) is 24.4 Å². The number of rotatable bonds is 16. The molecule has 64 heavy (non-hydrogen) atoms. The van der Waals surface area contributed by atoms with E-state index in [1.165, 1.54) is 53.8 Å². The SMILES string of the molecule is CC[N+]1(CC)N=C(c2ccc(OC(F)(F)F)cc2)C=C1C(=O)O.CCn1nc(-c2ccc(OC(F)(F)F)cc2)cc1C(Nc1ccc(C(=O)N(C)CCC(=O)O)cc1)C1CCCCC1. The Morgan fingerprint density at radius 3 is 1.84 bits per heavy atom. The number of nitrogens with zero attached hydrogens (tertiary/aromatic N) is 5. The number of hydrogen-bond donors (Lipinski definition) is 3. The van der Waals surface area contributed by atoms with Gasteiger partial charge in [-0.2, -0.15) is 9.69 Å². The lowest BCUT2D eigenvalue weighted by atomic mass is 9.82. The van der Waals surface area contributed by atoms with Crippen LogP contribution in [0.2, 0.25) is 0 Å². The van der Waals surface area contributed by atoms with Crippen LogP contribution in [0.5, 0.6) is 11.5 Å². The van der Waals surface area contributed by atoms with Crippen molar-refractivity contribution in [1.82, 2.24) is 14.7 Å². The maximum absolute atomic E-state index is 12.7. The van der Waals surface area contributed by atoms with Gasteiger partial charge >= 0.3 is 24.7 Å². The maximum atomic E-state index is 12.7. The average molecular weight is 902 g/mol. The predicted octanol–water partition coefficient (Wildman–Crippen LogP) is 9.88. The van der Waals surface area contributed by atoms with Crippen LogP contribution in [0.4, 0.5) is 32.0 Å². The molecule has 0 saturated heterocycles. The molecule has 1 aliphatic heterocycles. The van der Waals surface area contributed by atoms with Crippen LogP contribution in [0.1, 0.15) is 87.0 Å². The number of ether oxygens (including phenoxy) is 2. The van der Waals surface area contributed by atoms with Crippen LogP contribution in [-0.2, 0) is 16.1 Å². The van der Waals surface area contributed by atoms with Gasteiger partial charge in [0.1, 0.15) is 30.3 Å². The van der Waals surface area contributed by atoms with Crippen molar-refractivity contribution in [3.63, 3.8) is 0 Å². The van der Waals surface area contributed by atoms with Gasteiger partial charge in [0.05, 0.1) is 23.9 Å². The number of anilines is 1. The van der Waals surface area contributed by atoms with Crippen molar-refractivity contribution in [3.8, 4) is 22.8 Å². The summed E-state index contributed by atoms with van der Waals surface area (Å²) >= 11 is 0. The molecule has 0 spiro atoms. The number of halogens is 6. The highest BCUT2D eigenvalue weighted by atomic mass is 19.4. The Morgan fingerprint density at radius 2 is 1.38 bits per heavy atom. The number of carbonyl (C=O) groups excluding carboxylic acids is 1. The number of likely N-dealkylation sites (N-methyl/N-ethyl adjacent to an activating group) is 1. The molecule has 3 N–H and O–H groups in total. The molecule has 13 nitrogen and oxygen atoms in total. The molecule has 2 aliphatic rings. The van der Waals surface area contributed by atoms with Crippen molar-refractivity contribution in [3.05, 3.63) is 107 Å². The third-order valence-corrected chi connectivity index (χ3v) is 11.1. The number of benzene rings is 3. The first kappa shape index (κ1) is 48.7. The number of aromatic nitrogens is 2. The van der Waals surface area contributed by atoms with Gasteiger partial charge in [0.2, 0.25) is 5.70 Å². The fourth-order valence-corrected chi connectivity index (χ4v) is 7.73. The summed E-state index contributed by atoms with van der Waals surface area (Å²) < 4.78 is 83.9. The first-order valence-electron chi connectivity index (χ1n) is 20.8. The number of nitrogens with one attached hydrogen (secondary N) is 1. The molecule has 4 aromatic rings. The summed E-state index contributed by atoms with van der Waals surface area (Å²) in [7, 11) is 1.58. The van der Waals surface area contributed by atoms with E-state index in [1.54, 1.807) is 31.3 Å². The number of aryl methyl sites for hydroxylation is 1. The van der Waals surface area contributed by atoms with Gasteiger partial charge < -0.3 is 29.9 Å². The van der Waals surface area contributed by atoms with E-state index in [-0.39, 0.29) is 46.7 Å². The molecule has 0 bridgehead atoms. The molecule has 344 valence electrons. The van der Waals surface area contributed by atoms with E-state index in [0.29, 0.717) is 53.6 Å². The number of carbonyl (C=O) groups is 3. The van der Waals surface area contributed by atoms with Crippen LogP contribution >= 0.6 is 0 Å². The van der Waals surface area contributed by atoms with E-state index in [4.69, 9.17) is 10.2 Å². The van der Waals surface area contributed by atoms with E-state index in [0.717, 1.165) is 37.1 Å². The van der Waals surface area contributed by atoms with E-state index in [1.807, 2.05) is 43.7 Å². The van der Waals surface area contributed by atoms with E-state index in [2.05, 4.69) is 19.9 Å². The summed E-state index contributed by atoms with van der Waals surface area (Å²) in [6, 6.07) is 20.0. The molecule has 6 rings (SSSR count). The summed E-state index contributed by atoms with van der Waals surface area (Å²) in [6.45, 7) is 7.32. The quantitative estimate of drug-likeness (QED) is 0.0736. The van der Waals surface area contributed by atoms with Gasteiger partial charge in [-0.15, -0.1) is 26.3 Å². The van der Waals surface area contributed by atoms with Crippen molar-refractivity contribution in [2.75, 3.05) is 32.0 Å². The Hall–Kier alpha value is -6.37. The van der Waals surface area contributed by atoms with Crippen molar-refractivity contribution in [1.29, 1.82) is 0 Å². The topological polar surface area (TPSA) is 156 Å². The van der Waals surface area contributed by atoms with Gasteiger partial charge in [0.15, 0.2) is 0 Å². The molecule has 1 fully saturated rings. The van der Waals surface area contributed by atoms with Crippen LogP contribution in [0.25, 0.3) is 11.3 Å². The normalized spacial score (nSPS) is 15.5. The Labute approximate surface area is 366 Å². The molecule has 1 saturated carbocycles. The second-order valence-electron chi connectivity index (χ2n) is 15.3. The van der Waals surface area contributed by atoms with Gasteiger partial charge in [-0.25, -0.2) is 4.79 Å². The van der Waals surface area contributed by atoms with E-state index in [9.17, 15) is 45.8 Å². The Bertz CT molecular complexity index is 2280. The minimum atomic E-state index is -4.75. The summed E-state index contributed by atoms with van der Waals surface area (Å²) in [6.07, 6.45) is -2.61. The number of hydrogen-bond acceptors (Lipinski definition) is 8. The van der Waals surface area contributed by atoms with Crippen molar-refractivity contribution in [2.45, 2.75) is 84.6 Å². The lowest BCUT2D eigenvalue weighted by Crippen LogP contribution is -2.42. The summed E-state index contributed by atoms with van der Waals surface area (Å²) in [5.41, 5.74) is 4.73. The summed E-state index contributed by atoms with van der Waals surface area (Å²) in [4.78, 5) is 36.4. The largest absolute Gasteiger partial charge is 0.573 e. The zero-order valence-corrected chi connectivity index (χ0v) is 35.7. The number of amides is 1. The Kier molecular flexibility index (Phi) is 15.9. The minimum absolute atomic E-state index is 0.0501. The van der Waals surface area contributed by atoms with Crippen molar-refractivity contribution in [2.24, 2.45) is 11.0 Å². The molecule has 3 aromatic carbocycles. The van der Waals surface area contributed by atoms with Crippen molar-refractivity contribution < 1.29 is 65.0 Å². The first-order chi connectivity index (χ1) is 30.2. The molecule has 2 heterocycles. The molecule has 19 heteroatoms. The zero-order valence-electron chi connectivity index (χ0n) is 35.7. The molecule has 1 aliphatic carbocycles. The first-order valence-corrected chi connectivity index (χ1v) is 20.8. The van der Waals surface area contributed by atoms with Crippen LogP contribution in [0.3, 0.4) is 0 Å². The van der Waals surface area contributed by atoms with Crippen LogP contribution in [-0.4, -0.2) is 92.4 Å². The fourth-order valence-electron chi connectivity index (χ4n) is 7.73. The molecule has 1 atom stereocenters. The third-order valence-electron chi connectivity index (χ3n) is 11.1. The highest BCUT2D eigenvalue weighted by Gasteiger charge is 2.41. The number of carboxylic acid groups (broad SMARTS) is 2. The van der Waals surface area contributed by atoms with Crippen molar-refractivity contribution >= 4 is 29.2 Å². The lowest BCUT2D eigenvalue weighted by Gasteiger charge is -2.32. The maximum Gasteiger partial charge on any atom is 0.573 e. The lowest BCUT2D eigenvalue weighted by molar-refractivity contribution is -0.889. The zero-order chi connectivity index (χ0) is 46.8. The fraction of sp³-hybridized carbons (Fsp3) is 0.400. The third kappa shape index (κ3) is 12.9. The number of alkyl halides is 6. The molecule has 1 unspecified atom stereocenters. The van der Waals surface area contributed by atoms with Crippen LogP contribution in [0.15, 0.2) is 95.7 Å². The molecule has 1 amide bonds. The highest BCUT2D eigenvalue weighted by Crippen LogP contribution is 2.39. The van der Waals surface area contributed by atoms with Gasteiger partial charge in [-0.05, 0) is 118 Å². The molecular weight excluding hydrogens is 851 g/mol. The summed E-state index contributed by atoms with van der Waals surface area (Å²) in [5, 5.41) is 31.1. The predicted molar refractivity (Wildman–Crippen MR) is 225 cm³/mol. The monoisotopic (exact) mass is 901 g/mol. The molecular formula is C45H51F6N6O7+.